The minimum atomic E-state index is -0.229. The fraction of sp³-hybridized carbons (Fsp3) is 0.917. The van der Waals surface area contributed by atoms with Gasteiger partial charge in [-0.1, -0.05) is 35.7 Å². The van der Waals surface area contributed by atoms with Crippen LogP contribution in [0.1, 0.15) is 39.0 Å². The Morgan fingerprint density at radius 2 is 2.12 bits per heavy atom. The van der Waals surface area contributed by atoms with Crippen molar-refractivity contribution in [2.45, 2.75) is 43.9 Å². The molecule has 1 aliphatic rings. The third-order valence-electron chi connectivity index (χ3n) is 3.69. The first-order valence-electron chi connectivity index (χ1n) is 6.06. The van der Waals surface area contributed by atoms with E-state index in [1.807, 2.05) is 0 Å². The summed E-state index contributed by atoms with van der Waals surface area (Å²) in [5.74, 6) is -0.204. The van der Waals surface area contributed by atoms with Crippen LogP contribution in [-0.4, -0.2) is 31.0 Å². The van der Waals surface area contributed by atoms with Crippen molar-refractivity contribution in [1.82, 2.24) is 5.32 Å². The molecule has 1 N–H and O–H groups in total. The predicted molar refractivity (Wildman–Crippen MR) is 68.8 cm³/mol. The van der Waals surface area contributed by atoms with Crippen LogP contribution < -0.4 is 5.32 Å². The normalized spacial score (nSPS) is 20.7. The van der Waals surface area contributed by atoms with Gasteiger partial charge in [-0.2, -0.15) is 0 Å². The molecule has 1 saturated carbocycles. The first-order chi connectivity index (χ1) is 7.63. The van der Waals surface area contributed by atoms with E-state index in [2.05, 4.69) is 32.9 Å². The average molecular weight is 292 g/mol. The van der Waals surface area contributed by atoms with E-state index in [-0.39, 0.29) is 10.8 Å². The lowest BCUT2D eigenvalue weighted by atomic mass is 9.83. The lowest BCUT2D eigenvalue weighted by Crippen LogP contribution is -2.37. The van der Waals surface area contributed by atoms with Gasteiger partial charge < -0.3 is 10.1 Å². The molecule has 0 spiro atoms. The zero-order valence-electron chi connectivity index (χ0n) is 10.2. The maximum Gasteiger partial charge on any atom is 0.320 e. The van der Waals surface area contributed by atoms with E-state index >= 15 is 0 Å². The lowest BCUT2D eigenvalue weighted by molar-refractivity contribution is -0.139. The van der Waals surface area contributed by atoms with Crippen LogP contribution in [0.3, 0.4) is 0 Å². The van der Waals surface area contributed by atoms with Crippen LogP contribution in [0.15, 0.2) is 0 Å². The second-order valence-electron chi connectivity index (χ2n) is 4.68. The van der Waals surface area contributed by atoms with Gasteiger partial charge in [-0.15, -0.1) is 0 Å². The standard InChI is InChI=1S/C12H22BrNO2/c1-3-12(6-4-5-7-12)9-14-8-10(13)11(15)16-2/h10,14H,3-9H2,1-2H3. The van der Waals surface area contributed by atoms with Gasteiger partial charge in [0.15, 0.2) is 0 Å². The van der Waals surface area contributed by atoms with Crippen molar-refractivity contribution in [3.8, 4) is 0 Å². The summed E-state index contributed by atoms with van der Waals surface area (Å²) in [5.41, 5.74) is 0.475. The van der Waals surface area contributed by atoms with Gasteiger partial charge in [-0.3, -0.25) is 4.79 Å². The predicted octanol–water partition coefficient (Wildman–Crippen LogP) is 2.48. The van der Waals surface area contributed by atoms with Gasteiger partial charge in [0.05, 0.1) is 7.11 Å². The molecule has 0 aromatic carbocycles. The second-order valence-corrected chi connectivity index (χ2v) is 5.79. The molecule has 0 aromatic rings. The molecule has 0 aromatic heterocycles. The molecule has 94 valence electrons. The number of alkyl halides is 1. The lowest BCUT2D eigenvalue weighted by Gasteiger charge is -2.28. The molecule has 1 fully saturated rings. The highest BCUT2D eigenvalue weighted by atomic mass is 79.9. The quantitative estimate of drug-likeness (QED) is 0.604. The topological polar surface area (TPSA) is 38.3 Å². The molecular formula is C12H22BrNO2. The van der Waals surface area contributed by atoms with E-state index in [1.54, 1.807) is 0 Å². The van der Waals surface area contributed by atoms with Gasteiger partial charge in [0, 0.05) is 13.1 Å². The highest BCUT2D eigenvalue weighted by Crippen LogP contribution is 2.40. The number of hydrogen-bond acceptors (Lipinski definition) is 3. The van der Waals surface area contributed by atoms with E-state index in [4.69, 9.17) is 0 Å². The number of rotatable bonds is 6. The van der Waals surface area contributed by atoms with Gasteiger partial charge in [0.2, 0.25) is 0 Å². The fourth-order valence-electron chi connectivity index (χ4n) is 2.46. The van der Waals surface area contributed by atoms with Crippen molar-refractivity contribution in [3.05, 3.63) is 0 Å². The minimum Gasteiger partial charge on any atom is -0.468 e. The summed E-state index contributed by atoms with van der Waals surface area (Å²) >= 11 is 3.32. The zero-order chi connectivity index (χ0) is 12.0. The van der Waals surface area contributed by atoms with Gasteiger partial charge in [0.1, 0.15) is 4.83 Å². The third kappa shape index (κ3) is 3.74. The molecule has 0 aliphatic heterocycles. The SMILES string of the molecule is CCC1(CNCC(Br)C(=O)OC)CCCC1. The van der Waals surface area contributed by atoms with Gasteiger partial charge in [-0.25, -0.2) is 0 Å². The molecule has 3 nitrogen and oxygen atoms in total. The molecule has 1 aliphatic carbocycles. The number of carbonyl (C=O) groups excluding carboxylic acids is 1. The van der Waals surface area contributed by atoms with Crippen LogP contribution >= 0.6 is 15.9 Å². The Labute approximate surface area is 106 Å². The second kappa shape index (κ2) is 6.60. The number of nitrogens with one attached hydrogen (secondary N) is 1. The Morgan fingerprint density at radius 3 is 2.62 bits per heavy atom. The monoisotopic (exact) mass is 291 g/mol. The van der Waals surface area contributed by atoms with Crippen LogP contribution in [0.2, 0.25) is 0 Å². The summed E-state index contributed by atoms with van der Waals surface area (Å²) in [6.07, 6.45) is 6.57. The van der Waals surface area contributed by atoms with E-state index in [1.165, 1.54) is 39.2 Å². The van der Waals surface area contributed by atoms with Gasteiger partial charge in [0.25, 0.3) is 0 Å². The molecule has 0 saturated heterocycles. The van der Waals surface area contributed by atoms with Gasteiger partial charge >= 0.3 is 5.97 Å². The molecule has 16 heavy (non-hydrogen) atoms. The smallest absolute Gasteiger partial charge is 0.320 e. The summed E-state index contributed by atoms with van der Waals surface area (Å²) in [6.45, 7) is 3.93. The number of carbonyl (C=O) groups is 1. The first kappa shape index (κ1) is 14.0. The van der Waals surface area contributed by atoms with Crippen molar-refractivity contribution in [1.29, 1.82) is 0 Å². The molecule has 0 amide bonds. The average Bonchev–Trinajstić information content (AvgIpc) is 2.77. The van der Waals surface area contributed by atoms with Crippen LogP contribution in [-0.2, 0) is 9.53 Å². The van der Waals surface area contributed by atoms with Crippen LogP contribution in [0.25, 0.3) is 0 Å². The maximum atomic E-state index is 11.2. The van der Waals surface area contributed by atoms with Crippen molar-refractivity contribution in [3.63, 3.8) is 0 Å². The molecule has 0 bridgehead atoms. The Kier molecular flexibility index (Phi) is 5.76. The molecular weight excluding hydrogens is 270 g/mol. The number of hydrogen-bond donors (Lipinski definition) is 1. The van der Waals surface area contributed by atoms with Crippen molar-refractivity contribution >= 4 is 21.9 Å². The van der Waals surface area contributed by atoms with E-state index in [9.17, 15) is 4.79 Å². The molecule has 1 atom stereocenters. The number of halogens is 1. The van der Waals surface area contributed by atoms with Crippen molar-refractivity contribution in [2.75, 3.05) is 20.2 Å². The number of methoxy groups -OCH3 is 1. The molecule has 0 radical (unpaired) electrons. The maximum absolute atomic E-state index is 11.2. The number of ether oxygens (including phenoxy) is 1. The number of esters is 1. The summed E-state index contributed by atoms with van der Waals surface area (Å²) in [5, 5.41) is 3.39. The molecule has 0 heterocycles. The highest BCUT2D eigenvalue weighted by Gasteiger charge is 2.31. The zero-order valence-corrected chi connectivity index (χ0v) is 11.8. The molecule has 1 rings (SSSR count). The highest BCUT2D eigenvalue weighted by molar-refractivity contribution is 9.10. The first-order valence-corrected chi connectivity index (χ1v) is 6.98. The Balaban J connectivity index is 2.26. The van der Waals surface area contributed by atoms with E-state index in [0.29, 0.717) is 12.0 Å². The fourth-order valence-corrected chi connectivity index (χ4v) is 2.87. The summed E-state index contributed by atoms with van der Waals surface area (Å²) in [4.78, 5) is 11.0. The largest absolute Gasteiger partial charge is 0.468 e. The van der Waals surface area contributed by atoms with E-state index in [0.717, 1.165) is 6.54 Å². The minimum absolute atomic E-state index is 0.204. The summed E-state index contributed by atoms with van der Waals surface area (Å²) in [7, 11) is 1.42. The Hall–Kier alpha value is -0.0900. The van der Waals surface area contributed by atoms with Crippen LogP contribution in [0, 0.1) is 5.41 Å². The summed E-state index contributed by atoms with van der Waals surface area (Å²) in [6, 6.07) is 0. The van der Waals surface area contributed by atoms with E-state index < -0.39 is 0 Å². The Morgan fingerprint density at radius 1 is 1.50 bits per heavy atom. The third-order valence-corrected chi connectivity index (χ3v) is 4.39. The van der Waals surface area contributed by atoms with Gasteiger partial charge in [-0.05, 0) is 24.7 Å². The summed E-state index contributed by atoms with van der Waals surface area (Å²) < 4.78 is 4.66. The Bertz CT molecular complexity index is 227. The molecule has 4 heteroatoms. The van der Waals surface area contributed by atoms with Crippen LogP contribution in [0.5, 0.6) is 0 Å². The van der Waals surface area contributed by atoms with Crippen molar-refractivity contribution in [2.24, 2.45) is 5.41 Å². The van der Waals surface area contributed by atoms with Crippen molar-refractivity contribution < 1.29 is 9.53 Å². The van der Waals surface area contributed by atoms with Crippen LogP contribution in [0.4, 0.5) is 0 Å². The molecule has 1 unspecified atom stereocenters.